The van der Waals surface area contributed by atoms with Gasteiger partial charge in [0.05, 0.1) is 5.69 Å². The standard InChI is InChI=1S/C24H29F4NO/c1-3-19-20-11-7-9-17(29-22(20)13-12-21(19)25)8-5-6-10-18(30)14-16-15-24(27,28)23(16,26)4-2/h7,11-13,16H,3-6,8-10,14-15H2,1-2H3. The number of rotatable bonds is 9. The number of hydrogen-bond donors (Lipinski definition) is 0. The molecule has 0 spiro atoms. The molecule has 6 heteroatoms. The Kier molecular flexibility index (Phi) is 6.83. The van der Waals surface area contributed by atoms with Crippen LogP contribution in [0.25, 0.3) is 6.08 Å². The van der Waals surface area contributed by atoms with E-state index >= 15 is 0 Å². The molecule has 2 atom stereocenters. The van der Waals surface area contributed by atoms with Gasteiger partial charge >= 0.3 is 0 Å². The molecule has 30 heavy (non-hydrogen) atoms. The van der Waals surface area contributed by atoms with Crippen LogP contribution in [0.5, 0.6) is 0 Å². The summed E-state index contributed by atoms with van der Waals surface area (Å²) in [7, 11) is 0. The number of Topliss-reactive ketones (excluding diaryl/α,β-unsaturated/α-hetero) is 1. The van der Waals surface area contributed by atoms with Crippen molar-refractivity contribution in [1.29, 1.82) is 0 Å². The number of aliphatic imine (C=N–C) groups is 1. The number of benzene rings is 1. The maximum absolute atomic E-state index is 14.4. The lowest BCUT2D eigenvalue weighted by Gasteiger charge is -2.49. The molecule has 2 nitrogen and oxygen atoms in total. The number of unbranched alkanes of at least 4 members (excludes halogenated alkanes) is 1. The Balaban J connectivity index is 1.49. The molecule has 0 N–H and O–H groups in total. The van der Waals surface area contributed by atoms with Gasteiger partial charge in [0.25, 0.3) is 5.92 Å². The predicted molar refractivity (Wildman–Crippen MR) is 112 cm³/mol. The first-order valence-electron chi connectivity index (χ1n) is 10.8. The van der Waals surface area contributed by atoms with Crippen LogP contribution in [0.15, 0.2) is 23.2 Å². The van der Waals surface area contributed by atoms with Crippen molar-refractivity contribution in [2.75, 3.05) is 0 Å². The zero-order valence-corrected chi connectivity index (χ0v) is 17.6. The van der Waals surface area contributed by atoms with E-state index in [9.17, 15) is 22.4 Å². The second kappa shape index (κ2) is 9.03. The maximum atomic E-state index is 14.4. The van der Waals surface area contributed by atoms with Crippen molar-refractivity contribution in [2.45, 2.75) is 83.2 Å². The average Bonchev–Trinajstić information content (AvgIpc) is 2.92. The van der Waals surface area contributed by atoms with Gasteiger partial charge in [0.1, 0.15) is 11.6 Å². The number of fused-ring (bicyclic) bond motifs is 1. The monoisotopic (exact) mass is 423 g/mol. The van der Waals surface area contributed by atoms with Crippen LogP contribution in [0, 0.1) is 11.7 Å². The van der Waals surface area contributed by atoms with E-state index in [0.717, 1.165) is 23.4 Å². The lowest BCUT2D eigenvalue weighted by atomic mass is 9.64. The van der Waals surface area contributed by atoms with Crippen LogP contribution in [0.4, 0.5) is 23.2 Å². The zero-order valence-electron chi connectivity index (χ0n) is 17.6. The number of carbonyl (C=O) groups is 1. The number of carbonyl (C=O) groups excluding carboxylic acids is 1. The Morgan fingerprint density at radius 1 is 1.20 bits per heavy atom. The third kappa shape index (κ3) is 4.37. The minimum Gasteiger partial charge on any atom is -0.300 e. The molecule has 0 radical (unpaired) electrons. The van der Waals surface area contributed by atoms with E-state index in [-0.39, 0.29) is 30.9 Å². The Labute approximate surface area is 175 Å². The summed E-state index contributed by atoms with van der Waals surface area (Å²) in [5.41, 5.74) is 0.688. The second-order valence-corrected chi connectivity index (χ2v) is 8.37. The minimum absolute atomic E-state index is 0.109. The van der Waals surface area contributed by atoms with E-state index in [0.29, 0.717) is 31.2 Å². The second-order valence-electron chi connectivity index (χ2n) is 8.37. The van der Waals surface area contributed by atoms with Crippen molar-refractivity contribution in [2.24, 2.45) is 10.9 Å². The molecular weight excluding hydrogens is 394 g/mol. The van der Waals surface area contributed by atoms with Crippen molar-refractivity contribution in [3.63, 3.8) is 0 Å². The SMILES string of the molecule is CCc1c(F)ccc2c1C=CCC(CCCCC(=O)CC1CC(F)(F)C1(F)CC)=N2. The van der Waals surface area contributed by atoms with Crippen LogP contribution in [0.3, 0.4) is 0 Å². The van der Waals surface area contributed by atoms with Crippen molar-refractivity contribution in [1.82, 2.24) is 0 Å². The van der Waals surface area contributed by atoms with Gasteiger partial charge in [-0.15, -0.1) is 0 Å². The number of ketones is 1. The topological polar surface area (TPSA) is 29.4 Å². The fourth-order valence-electron chi connectivity index (χ4n) is 4.57. The Morgan fingerprint density at radius 3 is 2.63 bits per heavy atom. The predicted octanol–water partition coefficient (Wildman–Crippen LogP) is 7.17. The van der Waals surface area contributed by atoms with Gasteiger partial charge in [-0.25, -0.2) is 17.6 Å². The van der Waals surface area contributed by atoms with Gasteiger partial charge < -0.3 is 0 Å². The summed E-state index contributed by atoms with van der Waals surface area (Å²) in [5, 5.41) is 0. The van der Waals surface area contributed by atoms with Crippen LogP contribution >= 0.6 is 0 Å². The van der Waals surface area contributed by atoms with Crippen LogP contribution in [-0.4, -0.2) is 23.1 Å². The van der Waals surface area contributed by atoms with Gasteiger partial charge in [-0.1, -0.05) is 26.0 Å². The van der Waals surface area contributed by atoms with Gasteiger partial charge in [-0.2, -0.15) is 0 Å². The van der Waals surface area contributed by atoms with E-state index in [1.165, 1.54) is 13.0 Å². The number of allylic oxidation sites excluding steroid dienone is 1. The first kappa shape index (κ1) is 22.7. The summed E-state index contributed by atoms with van der Waals surface area (Å²) in [6.07, 6.45) is 6.59. The fourth-order valence-corrected chi connectivity index (χ4v) is 4.57. The highest BCUT2D eigenvalue weighted by molar-refractivity contribution is 5.91. The smallest absolute Gasteiger partial charge is 0.282 e. The first-order valence-corrected chi connectivity index (χ1v) is 10.8. The van der Waals surface area contributed by atoms with Gasteiger partial charge in [-0.3, -0.25) is 9.79 Å². The van der Waals surface area contributed by atoms with Crippen molar-refractivity contribution in [3.05, 3.63) is 35.2 Å². The van der Waals surface area contributed by atoms with Crippen LogP contribution in [0.1, 0.15) is 76.3 Å². The summed E-state index contributed by atoms with van der Waals surface area (Å²) in [6, 6.07) is 3.14. The third-order valence-corrected chi connectivity index (χ3v) is 6.46. The molecular formula is C24H29F4NO. The molecule has 0 aromatic heterocycles. The molecule has 1 fully saturated rings. The van der Waals surface area contributed by atoms with Crippen molar-refractivity contribution >= 4 is 23.3 Å². The highest BCUT2D eigenvalue weighted by Gasteiger charge is 2.68. The van der Waals surface area contributed by atoms with Crippen LogP contribution < -0.4 is 0 Å². The summed E-state index contributed by atoms with van der Waals surface area (Å²) in [6.45, 7) is 3.32. The molecule has 1 heterocycles. The molecule has 1 saturated carbocycles. The Hall–Kier alpha value is -1.98. The van der Waals surface area contributed by atoms with Gasteiger partial charge in [0, 0.05) is 42.9 Å². The molecule has 1 aliphatic carbocycles. The number of nitrogens with zero attached hydrogens (tertiary/aromatic N) is 1. The molecule has 1 aromatic carbocycles. The van der Waals surface area contributed by atoms with Crippen molar-refractivity contribution < 1.29 is 22.4 Å². The highest BCUT2D eigenvalue weighted by atomic mass is 19.3. The summed E-state index contributed by atoms with van der Waals surface area (Å²) in [4.78, 5) is 16.8. The highest BCUT2D eigenvalue weighted by Crippen LogP contribution is 2.57. The van der Waals surface area contributed by atoms with Crippen LogP contribution in [-0.2, 0) is 11.2 Å². The summed E-state index contributed by atoms with van der Waals surface area (Å²) in [5.74, 6) is -4.55. The lowest BCUT2D eigenvalue weighted by Crippen LogP contribution is -2.61. The van der Waals surface area contributed by atoms with E-state index in [1.807, 2.05) is 19.1 Å². The van der Waals surface area contributed by atoms with Crippen LogP contribution in [0.2, 0.25) is 0 Å². The lowest BCUT2D eigenvalue weighted by molar-refractivity contribution is -0.252. The Bertz CT molecular complexity index is 861. The normalized spacial score (nSPS) is 24.6. The molecule has 0 amide bonds. The van der Waals surface area contributed by atoms with Gasteiger partial charge in [0.15, 0.2) is 5.67 Å². The molecule has 2 unspecified atom stereocenters. The molecule has 1 aliphatic heterocycles. The van der Waals surface area contributed by atoms with E-state index in [2.05, 4.69) is 0 Å². The summed E-state index contributed by atoms with van der Waals surface area (Å²) < 4.78 is 55.3. The fraction of sp³-hybridized carbons (Fsp3) is 0.583. The zero-order chi connectivity index (χ0) is 21.9. The average molecular weight is 423 g/mol. The Morgan fingerprint density at radius 2 is 1.97 bits per heavy atom. The number of halogens is 4. The molecule has 1 aromatic rings. The third-order valence-electron chi connectivity index (χ3n) is 6.46. The first-order chi connectivity index (χ1) is 14.2. The van der Waals surface area contributed by atoms with Crippen molar-refractivity contribution in [3.8, 4) is 0 Å². The van der Waals surface area contributed by atoms with E-state index in [1.54, 1.807) is 6.07 Å². The molecule has 0 bridgehead atoms. The van der Waals surface area contributed by atoms with E-state index < -0.39 is 23.9 Å². The minimum atomic E-state index is -3.31. The largest absolute Gasteiger partial charge is 0.300 e. The number of hydrogen-bond acceptors (Lipinski definition) is 2. The quantitative estimate of drug-likeness (QED) is 0.306. The van der Waals surface area contributed by atoms with E-state index in [4.69, 9.17) is 4.99 Å². The molecule has 164 valence electrons. The van der Waals surface area contributed by atoms with Gasteiger partial charge in [-0.05, 0) is 49.8 Å². The number of alkyl halides is 3. The molecule has 0 saturated heterocycles. The molecule has 3 rings (SSSR count). The van der Waals surface area contributed by atoms with Gasteiger partial charge in [0.2, 0.25) is 0 Å². The molecule has 2 aliphatic rings. The summed E-state index contributed by atoms with van der Waals surface area (Å²) >= 11 is 0. The maximum Gasteiger partial charge on any atom is 0.282 e.